The number of ketones is 1. The number of hydrogen-bond acceptors (Lipinski definition) is 1. The van der Waals surface area contributed by atoms with Crippen LogP contribution >= 0.6 is 0 Å². The number of rotatable bonds is 8. The van der Waals surface area contributed by atoms with E-state index in [-0.39, 0.29) is 0 Å². The lowest BCUT2D eigenvalue weighted by molar-refractivity contribution is 0.0979. The van der Waals surface area contributed by atoms with E-state index >= 15 is 0 Å². The summed E-state index contributed by atoms with van der Waals surface area (Å²) < 4.78 is 0. The van der Waals surface area contributed by atoms with Crippen molar-refractivity contribution in [1.29, 1.82) is 0 Å². The van der Waals surface area contributed by atoms with E-state index in [9.17, 15) is 4.79 Å². The van der Waals surface area contributed by atoms with Crippen molar-refractivity contribution in [2.45, 2.75) is 77.6 Å². The maximum absolute atomic E-state index is 12.2. The molecule has 0 radical (unpaired) electrons. The van der Waals surface area contributed by atoms with E-state index in [0.717, 1.165) is 24.8 Å². The van der Waals surface area contributed by atoms with E-state index in [1.807, 2.05) is 6.07 Å². The van der Waals surface area contributed by atoms with Crippen molar-refractivity contribution in [3.05, 3.63) is 34.9 Å². The van der Waals surface area contributed by atoms with Crippen LogP contribution in [0, 0.1) is 0 Å². The van der Waals surface area contributed by atoms with Crippen molar-refractivity contribution in [2.75, 3.05) is 0 Å². The lowest BCUT2D eigenvalue weighted by Gasteiger charge is -2.16. The fourth-order valence-electron chi connectivity index (χ4n) is 3.12. The first-order valence-electron chi connectivity index (χ1n) is 8.46. The molecule has 2 rings (SSSR count). The van der Waals surface area contributed by atoms with Crippen molar-refractivity contribution in [3.63, 3.8) is 0 Å². The van der Waals surface area contributed by atoms with Gasteiger partial charge >= 0.3 is 0 Å². The number of Topliss-reactive ketones (excluding diaryl/α,β-unsaturated/α-hetero) is 1. The summed E-state index contributed by atoms with van der Waals surface area (Å²) in [5, 5.41) is 0. The number of aryl methyl sites for hydroxylation is 2. The second-order valence-corrected chi connectivity index (χ2v) is 6.13. The molecule has 0 bridgehead atoms. The highest BCUT2D eigenvalue weighted by molar-refractivity contribution is 5.96. The van der Waals surface area contributed by atoms with Crippen LogP contribution in [0.2, 0.25) is 0 Å². The van der Waals surface area contributed by atoms with Gasteiger partial charge in [-0.25, -0.2) is 0 Å². The first kappa shape index (κ1) is 15.3. The lowest BCUT2D eigenvalue weighted by Crippen LogP contribution is -2.06. The molecule has 1 heteroatoms. The molecule has 0 atom stereocenters. The molecule has 1 aromatic carbocycles. The molecule has 0 unspecified atom stereocenters. The Bertz CT molecular complexity index is 433. The number of unbranched alkanes of at least 4 members (excludes halogenated alkanes) is 5. The number of carbonyl (C=O) groups is 1. The highest BCUT2D eigenvalue weighted by Crippen LogP contribution is 2.23. The van der Waals surface area contributed by atoms with Crippen LogP contribution in [-0.2, 0) is 12.8 Å². The zero-order valence-electron chi connectivity index (χ0n) is 12.9. The zero-order valence-corrected chi connectivity index (χ0v) is 12.9. The number of carbonyl (C=O) groups excluding carboxylic acids is 1. The van der Waals surface area contributed by atoms with E-state index in [1.54, 1.807) is 0 Å². The SMILES string of the molecule is CCCCCCCCC(=O)c1ccc2c(c1)CCCC2. The van der Waals surface area contributed by atoms with Crippen LogP contribution in [0.3, 0.4) is 0 Å². The molecular weight excluding hydrogens is 244 g/mol. The molecule has 0 spiro atoms. The van der Waals surface area contributed by atoms with Gasteiger partial charge in [-0.2, -0.15) is 0 Å². The minimum Gasteiger partial charge on any atom is -0.294 e. The Kier molecular flexibility index (Phi) is 6.29. The van der Waals surface area contributed by atoms with Gasteiger partial charge in [0.1, 0.15) is 0 Å². The molecule has 1 aliphatic carbocycles. The maximum atomic E-state index is 12.2. The Morgan fingerprint density at radius 1 is 0.950 bits per heavy atom. The van der Waals surface area contributed by atoms with Gasteiger partial charge in [0.25, 0.3) is 0 Å². The van der Waals surface area contributed by atoms with E-state index in [4.69, 9.17) is 0 Å². The Labute approximate surface area is 123 Å². The standard InChI is InChI=1S/C19H28O/c1-2-3-4-5-6-7-12-19(20)18-14-13-16-10-8-9-11-17(16)15-18/h13-15H,2-12H2,1H3. The second-order valence-electron chi connectivity index (χ2n) is 6.13. The molecule has 0 N–H and O–H groups in total. The van der Waals surface area contributed by atoms with Crippen LogP contribution in [0.25, 0.3) is 0 Å². The van der Waals surface area contributed by atoms with Gasteiger partial charge in [-0.1, -0.05) is 51.2 Å². The molecule has 0 fully saturated rings. The number of hydrogen-bond donors (Lipinski definition) is 0. The van der Waals surface area contributed by atoms with E-state index in [2.05, 4.69) is 19.1 Å². The minimum absolute atomic E-state index is 0.342. The smallest absolute Gasteiger partial charge is 0.162 e. The molecule has 0 amide bonds. The molecule has 110 valence electrons. The summed E-state index contributed by atoms with van der Waals surface area (Å²) in [6, 6.07) is 6.39. The van der Waals surface area contributed by atoms with Gasteiger partial charge in [-0.05, 0) is 49.3 Å². The normalized spacial score (nSPS) is 14.1. The monoisotopic (exact) mass is 272 g/mol. The molecule has 0 aromatic heterocycles. The number of fused-ring (bicyclic) bond motifs is 1. The predicted molar refractivity (Wildman–Crippen MR) is 85.4 cm³/mol. The highest BCUT2D eigenvalue weighted by atomic mass is 16.1. The largest absolute Gasteiger partial charge is 0.294 e. The Morgan fingerprint density at radius 3 is 2.45 bits per heavy atom. The van der Waals surface area contributed by atoms with Crippen molar-refractivity contribution >= 4 is 5.78 Å². The topological polar surface area (TPSA) is 17.1 Å². The molecule has 0 saturated carbocycles. The molecule has 1 aliphatic rings. The van der Waals surface area contributed by atoms with Crippen molar-refractivity contribution in [1.82, 2.24) is 0 Å². The third kappa shape index (κ3) is 4.47. The van der Waals surface area contributed by atoms with Crippen molar-refractivity contribution < 1.29 is 4.79 Å². The highest BCUT2D eigenvalue weighted by Gasteiger charge is 2.12. The van der Waals surface area contributed by atoms with E-state index in [0.29, 0.717) is 5.78 Å². The van der Waals surface area contributed by atoms with Crippen LogP contribution in [0.15, 0.2) is 18.2 Å². The summed E-state index contributed by atoms with van der Waals surface area (Å²) in [6.45, 7) is 2.24. The van der Waals surface area contributed by atoms with Gasteiger partial charge in [-0.3, -0.25) is 4.79 Å². The van der Waals surface area contributed by atoms with Gasteiger partial charge in [0.05, 0.1) is 0 Å². The van der Waals surface area contributed by atoms with Crippen LogP contribution in [0.4, 0.5) is 0 Å². The van der Waals surface area contributed by atoms with Gasteiger partial charge in [0.2, 0.25) is 0 Å². The maximum Gasteiger partial charge on any atom is 0.162 e. The molecule has 20 heavy (non-hydrogen) atoms. The molecule has 1 nitrogen and oxygen atoms in total. The predicted octanol–water partition coefficient (Wildman–Crippen LogP) is 5.50. The quantitative estimate of drug-likeness (QED) is 0.451. The zero-order chi connectivity index (χ0) is 14.2. The van der Waals surface area contributed by atoms with E-state index in [1.165, 1.54) is 62.5 Å². The Morgan fingerprint density at radius 2 is 1.65 bits per heavy atom. The first-order valence-corrected chi connectivity index (χ1v) is 8.46. The lowest BCUT2D eigenvalue weighted by atomic mass is 9.89. The minimum atomic E-state index is 0.342. The van der Waals surface area contributed by atoms with Gasteiger partial charge < -0.3 is 0 Å². The molecular formula is C19H28O. The second kappa shape index (κ2) is 8.24. The van der Waals surface area contributed by atoms with Crippen LogP contribution in [-0.4, -0.2) is 5.78 Å². The van der Waals surface area contributed by atoms with Gasteiger partial charge in [0.15, 0.2) is 5.78 Å². The molecule has 1 aromatic rings. The Balaban J connectivity index is 1.77. The van der Waals surface area contributed by atoms with Gasteiger partial charge in [-0.15, -0.1) is 0 Å². The number of benzene rings is 1. The van der Waals surface area contributed by atoms with Crippen LogP contribution < -0.4 is 0 Å². The molecule has 0 heterocycles. The molecule has 0 saturated heterocycles. The van der Waals surface area contributed by atoms with E-state index < -0.39 is 0 Å². The Hall–Kier alpha value is -1.11. The summed E-state index contributed by atoms with van der Waals surface area (Å²) in [5.74, 6) is 0.342. The average Bonchev–Trinajstić information content (AvgIpc) is 2.50. The first-order chi connectivity index (χ1) is 9.81. The molecule has 0 aliphatic heterocycles. The third-order valence-corrected chi connectivity index (χ3v) is 4.43. The summed E-state index contributed by atoms with van der Waals surface area (Å²) in [5.41, 5.74) is 3.83. The average molecular weight is 272 g/mol. The summed E-state index contributed by atoms with van der Waals surface area (Å²) in [4.78, 5) is 12.2. The fourth-order valence-corrected chi connectivity index (χ4v) is 3.12. The fraction of sp³-hybridized carbons (Fsp3) is 0.632. The van der Waals surface area contributed by atoms with Crippen LogP contribution in [0.5, 0.6) is 0 Å². The third-order valence-electron chi connectivity index (χ3n) is 4.43. The summed E-state index contributed by atoms with van der Waals surface area (Å²) in [7, 11) is 0. The van der Waals surface area contributed by atoms with Crippen molar-refractivity contribution in [2.24, 2.45) is 0 Å². The van der Waals surface area contributed by atoms with Crippen LogP contribution in [0.1, 0.15) is 86.2 Å². The van der Waals surface area contributed by atoms with Gasteiger partial charge in [0, 0.05) is 12.0 Å². The summed E-state index contributed by atoms with van der Waals surface area (Å²) >= 11 is 0. The summed E-state index contributed by atoms with van der Waals surface area (Å²) in [6.07, 6.45) is 13.2. The van der Waals surface area contributed by atoms with Crippen molar-refractivity contribution in [3.8, 4) is 0 Å².